The summed E-state index contributed by atoms with van der Waals surface area (Å²) in [6.45, 7) is 2.90. The smallest absolute Gasteiger partial charge is 0.163 e. The highest BCUT2D eigenvalue weighted by Crippen LogP contribution is 1.95. The van der Waals surface area contributed by atoms with Crippen molar-refractivity contribution in [3.8, 4) is 0 Å². The first-order valence-corrected chi connectivity index (χ1v) is 3.55. The van der Waals surface area contributed by atoms with Gasteiger partial charge in [0.1, 0.15) is 0 Å². The molecule has 50 valence electrons. The van der Waals surface area contributed by atoms with Gasteiger partial charge in [0.25, 0.3) is 0 Å². The summed E-state index contributed by atoms with van der Waals surface area (Å²) in [6, 6.07) is 0. The molecule has 0 fully saturated rings. The number of nitrogens with zero attached hydrogens (tertiary/aromatic N) is 4. The number of hydrogen-bond donors (Lipinski definition) is 0. The predicted molar refractivity (Wildman–Crippen MR) is 35.8 cm³/mol. The summed E-state index contributed by atoms with van der Waals surface area (Å²) in [4.78, 5) is 1.56. The molecule has 0 amide bonds. The quantitative estimate of drug-likeness (QED) is 0.695. The third-order valence-corrected chi connectivity index (χ3v) is 1.17. The molecule has 4 nitrogen and oxygen atoms in total. The van der Waals surface area contributed by atoms with E-state index in [9.17, 15) is 0 Å². The number of tetrazole rings is 1. The van der Waals surface area contributed by atoms with Crippen molar-refractivity contribution in [3.63, 3.8) is 0 Å². The SMILES string of the molecule is CCCn1nnc(Br)n1. The Morgan fingerprint density at radius 3 is 2.89 bits per heavy atom. The Hall–Kier alpha value is -0.450. The van der Waals surface area contributed by atoms with Crippen molar-refractivity contribution in [2.45, 2.75) is 19.9 Å². The fourth-order valence-electron chi connectivity index (χ4n) is 0.518. The Morgan fingerprint density at radius 1 is 1.67 bits per heavy atom. The molecule has 0 saturated carbocycles. The minimum Gasteiger partial charge on any atom is -0.163 e. The summed E-state index contributed by atoms with van der Waals surface area (Å²) in [5.41, 5.74) is 0. The minimum absolute atomic E-state index is 0.552. The van der Waals surface area contributed by atoms with Gasteiger partial charge in [-0.25, -0.2) is 0 Å². The van der Waals surface area contributed by atoms with Gasteiger partial charge in [-0.05, 0) is 27.6 Å². The van der Waals surface area contributed by atoms with Gasteiger partial charge in [0.05, 0.1) is 6.54 Å². The van der Waals surface area contributed by atoms with Crippen molar-refractivity contribution in [1.29, 1.82) is 0 Å². The van der Waals surface area contributed by atoms with Crippen LogP contribution in [0.4, 0.5) is 0 Å². The molecule has 0 aliphatic carbocycles. The van der Waals surface area contributed by atoms with E-state index in [1.807, 2.05) is 0 Å². The number of hydrogen-bond acceptors (Lipinski definition) is 3. The van der Waals surface area contributed by atoms with E-state index in [4.69, 9.17) is 0 Å². The normalized spacial score (nSPS) is 10.0. The Labute approximate surface area is 61.4 Å². The van der Waals surface area contributed by atoms with Crippen LogP contribution >= 0.6 is 15.9 Å². The second-order valence-electron chi connectivity index (χ2n) is 1.65. The minimum atomic E-state index is 0.552. The third-order valence-electron chi connectivity index (χ3n) is 0.852. The molecule has 1 aromatic rings. The average molecular weight is 191 g/mol. The largest absolute Gasteiger partial charge is 0.239 e. The van der Waals surface area contributed by atoms with Gasteiger partial charge in [0.15, 0.2) is 0 Å². The molecule has 0 N–H and O–H groups in total. The van der Waals surface area contributed by atoms with Crippen molar-refractivity contribution in [2.24, 2.45) is 0 Å². The van der Waals surface area contributed by atoms with Crippen LogP contribution in [0.2, 0.25) is 0 Å². The molecule has 0 atom stereocenters. The topological polar surface area (TPSA) is 43.6 Å². The fraction of sp³-hybridized carbons (Fsp3) is 0.750. The highest BCUT2D eigenvalue weighted by Gasteiger charge is 1.94. The summed E-state index contributed by atoms with van der Waals surface area (Å²) in [5, 5.41) is 11.3. The number of halogens is 1. The number of aromatic nitrogens is 4. The van der Waals surface area contributed by atoms with Gasteiger partial charge in [0.2, 0.25) is 4.73 Å². The average Bonchev–Trinajstić information content (AvgIpc) is 2.17. The first kappa shape index (κ1) is 6.67. The second-order valence-corrected chi connectivity index (χ2v) is 2.36. The van der Waals surface area contributed by atoms with Crippen LogP contribution in [-0.4, -0.2) is 20.2 Å². The molecule has 0 aromatic carbocycles. The van der Waals surface area contributed by atoms with E-state index in [1.54, 1.807) is 4.80 Å². The van der Waals surface area contributed by atoms with Crippen LogP contribution in [0.3, 0.4) is 0 Å². The van der Waals surface area contributed by atoms with E-state index in [0.29, 0.717) is 4.73 Å². The van der Waals surface area contributed by atoms with Crippen molar-refractivity contribution in [3.05, 3.63) is 4.73 Å². The van der Waals surface area contributed by atoms with Crippen LogP contribution in [0.5, 0.6) is 0 Å². The molecule has 1 rings (SSSR count). The first-order chi connectivity index (χ1) is 4.33. The number of aryl methyl sites for hydroxylation is 1. The summed E-state index contributed by atoms with van der Waals surface area (Å²) < 4.78 is 0.552. The fourth-order valence-corrected chi connectivity index (χ4v) is 0.773. The highest BCUT2D eigenvalue weighted by molar-refractivity contribution is 9.10. The van der Waals surface area contributed by atoms with E-state index in [2.05, 4.69) is 38.3 Å². The molecule has 0 unspecified atom stereocenters. The van der Waals surface area contributed by atoms with Crippen LogP contribution in [0.25, 0.3) is 0 Å². The molecule has 1 aromatic heterocycles. The molecular weight excluding hydrogens is 184 g/mol. The molecule has 0 aliphatic rings. The van der Waals surface area contributed by atoms with Crippen molar-refractivity contribution in [1.82, 2.24) is 20.2 Å². The third kappa shape index (κ3) is 1.74. The molecule has 0 aliphatic heterocycles. The van der Waals surface area contributed by atoms with Crippen LogP contribution in [0.1, 0.15) is 13.3 Å². The molecule has 0 spiro atoms. The zero-order valence-corrected chi connectivity index (χ0v) is 6.67. The Kier molecular flexibility index (Phi) is 2.16. The first-order valence-electron chi connectivity index (χ1n) is 2.76. The van der Waals surface area contributed by atoms with Crippen molar-refractivity contribution >= 4 is 15.9 Å². The maximum atomic E-state index is 3.91. The summed E-state index contributed by atoms with van der Waals surface area (Å²) >= 11 is 3.10. The lowest BCUT2D eigenvalue weighted by Gasteiger charge is -1.88. The van der Waals surface area contributed by atoms with Crippen LogP contribution < -0.4 is 0 Å². The summed E-state index contributed by atoms with van der Waals surface area (Å²) in [6.07, 6.45) is 1.03. The second kappa shape index (κ2) is 2.91. The van der Waals surface area contributed by atoms with Gasteiger partial charge in [-0.3, -0.25) is 0 Å². The van der Waals surface area contributed by atoms with Gasteiger partial charge in [0, 0.05) is 0 Å². The van der Waals surface area contributed by atoms with Crippen molar-refractivity contribution in [2.75, 3.05) is 0 Å². The van der Waals surface area contributed by atoms with Crippen molar-refractivity contribution < 1.29 is 0 Å². The standard InChI is InChI=1S/C4H7BrN4/c1-2-3-9-7-4(5)6-8-9/h2-3H2,1H3. The zero-order valence-electron chi connectivity index (χ0n) is 5.08. The van der Waals surface area contributed by atoms with E-state index in [0.717, 1.165) is 13.0 Å². The predicted octanol–water partition coefficient (Wildman–Crippen LogP) is 0.846. The van der Waals surface area contributed by atoms with Crippen LogP contribution in [0, 0.1) is 0 Å². The van der Waals surface area contributed by atoms with E-state index in [1.165, 1.54) is 0 Å². The van der Waals surface area contributed by atoms with Crippen LogP contribution in [0.15, 0.2) is 4.73 Å². The molecule has 0 radical (unpaired) electrons. The summed E-state index contributed by atoms with van der Waals surface area (Å²) in [7, 11) is 0. The van der Waals surface area contributed by atoms with Crippen LogP contribution in [-0.2, 0) is 6.54 Å². The Balaban J connectivity index is 2.61. The molecule has 0 saturated heterocycles. The Bertz CT molecular complexity index is 184. The lowest BCUT2D eigenvalue weighted by Crippen LogP contribution is -2.00. The van der Waals surface area contributed by atoms with Gasteiger partial charge in [-0.1, -0.05) is 6.92 Å². The molecular formula is C4H7BrN4. The molecule has 9 heavy (non-hydrogen) atoms. The molecule has 0 bridgehead atoms. The van der Waals surface area contributed by atoms with Gasteiger partial charge in [-0.2, -0.15) is 4.80 Å². The summed E-state index contributed by atoms with van der Waals surface area (Å²) in [5.74, 6) is 0. The molecule has 1 heterocycles. The Morgan fingerprint density at radius 2 is 2.44 bits per heavy atom. The van der Waals surface area contributed by atoms with E-state index >= 15 is 0 Å². The van der Waals surface area contributed by atoms with Gasteiger partial charge >= 0.3 is 0 Å². The maximum Gasteiger partial charge on any atom is 0.239 e. The van der Waals surface area contributed by atoms with E-state index < -0.39 is 0 Å². The lowest BCUT2D eigenvalue weighted by atomic mass is 10.5. The highest BCUT2D eigenvalue weighted by atomic mass is 79.9. The monoisotopic (exact) mass is 190 g/mol. The molecule has 5 heteroatoms. The lowest BCUT2D eigenvalue weighted by molar-refractivity contribution is 0.513. The van der Waals surface area contributed by atoms with Gasteiger partial charge < -0.3 is 0 Å². The number of rotatable bonds is 2. The zero-order chi connectivity index (χ0) is 6.69. The maximum absolute atomic E-state index is 3.91. The van der Waals surface area contributed by atoms with E-state index in [-0.39, 0.29) is 0 Å². The van der Waals surface area contributed by atoms with Gasteiger partial charge in [-0.15, -0.1) is 10.2 Å².